The van der Waals surface area contributed by atoms with Crippen LogP contribution in [0.15, 0.2) is 48.6 Å². The highest BCUT2D eigenvalue weighted by Crippen LogP contribution is 2.26. The molecule has 0 aromatic heterocycles. The van der Waals surface area contributed by atoms with Crippen molar-refractivity contribution in [1.82, 2.24) is 0 Å². The fourth-order valence-corrected chi connectivity index (χ4v) is 7.80. The van der Waals surface area contributed by atoms with E-state index in [0.717, 1.165) is 64.2 Å². The lowest BCUT2D eigenvalue weighted by atomic mass is 9.98. The molecule has 2 aliphatic heterocycles. The molecule has 0 aromatic carbocycles. The van der Waals surface area contributed by atoms with Crippen molar-refractivity contribution < 1.29 is 73.8 Å². The molecule has 0 radical (unpaired) electrons. The van der Waals surface area contributed by atoms with Crippen molar-refractivity contribution in [1.29, 1.82) is 0 Å². The van der Waals surface area contributed by atoms with Crippen molar-refractivity contribution in [2.75, 3.05) is 26.4 Å². The molecule has 0 aromatic rings. The van der Waals surface area contributed by atoms with E-state index in [1.165, 1.54) is 70.6 Å². The summed E-state index contributed by atoms with van der Waals surface area (Å²) in [6.07, 6.45) is 25.6. The van der Waals surface area contributed by atoms with Gasteiger partial charge in [0.05, 0.1) is 19.8 Å². The third-order valence-electron chi connectivity index (χ3n) is 12.0. The summed E-state index contributed by atoms with van der Waals surface area (Å²) in [4.78, 5) is 25.7. The smallest absolute Gasteiger partial charge is 0.306 e. The van der Waals surface area contributed by atoms with Crippen LogP contribution in [0, 0.1) is 0 Å². The Morgan fingerprint density at radius 3 is 1.46 bits per heavy atom. The zero-order valence-electron chi connectivity index (χ0n) is 40.9. The zero-order valence-corrected chi connectivity index (χ0v) is 40.9. The van der Waals surface area contributed by atoms with Crippen LogP contribution in [0.4, 0.5) is 0 Å². The first-order valence-electron chi connectivity index (χ1n) is 25.7. The predicted octanol–water partition coefficient (Wildman–Crippen LogP) is 7.10. The lowest BCUT2D eigenvalue weighted by Gasteiger charge is -2.42. The number of hydrogen-bond acceptors (Lipinski definition) is 15. The highest BCUT2D eigenvalue weighted by molar-refractivity contribution is 5.70. The van der Waals surface area contributed by atoms with Crippen LogP contribution < -0.4 is 0 Å². The highest BCUT2D eigenvalue weighted by Gasteiger charge is 2.47. The van der Waals surface area contributed by atoms with Crippen LogP contribution in [0.1, 0.15) is 174 Å². The lowest BCUT2D eigenvalue weighted by molar-refractivity contribution is -0.332. The van der Waals surface area contributed by atoms with E-state index in [4.69, 9.17) is 28.4 Å². The number of carbonyl (C=O) groups is 2. The van der Waals surface area contributed by atoms with Crippen molar-refractivity contribution >= 4 is 11.9 Å². The van der Waals surface area contributed by atoms with E-state index in [1.54, 1.807) is 0 Å². The molecule has 15 nitrogen and oxygen atoms in total. The van der Waals surface area contributed by atoms with Crippen LogP contribution in [0.2, 0.25) is 0 Å². The van der Waals surface area contributed by atoms with Crippen LogP contribution in [0.3, 0.4) is 0 Å². The first-order chi connectivity index (χ1) is 32.5. The number of allylic oxidation sites excluding steroid dienone is 8. The molecule has 7 N–H and O–H groups in total. The standard InChI is InChI=1S/C52H90O15/c1-3-5-7-9-11-13-15-17-19-20-21-23-25-27-29-31-33-35-44(55)65-40(37-62-43(54)34-32-30-28-26-24-22-18-16-14-12-10-8-6-4-2)38-63-51-50(61)48(59)46(57)42(67-51)39-64-52-49(60)47(58)45(56)41(36-53)66-52/h7,9,13,15,19-20,23,25,40-42,45-53,56-61H,3-6,8,10-12,14,16-18,21-22,24,26-39H2,1-2H3/b9-7+,15-13+,20-19+,25-23+/t40-,41+,42+,45-,46-,47?,48?,49?,50?,51+,52+/m1/s1. The summed E-state index contributed by atoms with van der Waals surface area (Å²) in [6, 6.07) is 0. The van der Waals surface area contributed by atoms with Gasteiger partial charge in [0, 0.05) is 12.8 Å². The highest BCUT2D eigenvalue weighted by atomic mass is 16.7. The van der Waals surface area contributed by atoms with Crippen molar-refractivity contribution in [3.8, 4) is 0 Å². The van der Waals surface area contributed by atoms with Crippen molar-refractivity contribution in [3.05, 3.63) is 48.6 Å². The average Bonchev–Trinajstić information content (AvgIpc) is 3.32. The molecule has 0 spiro atoms. The Morgan fingerprint density at radius 2 is 0.925 bits per heavy atom. The van der Waals surface area contributed by atoms with Crippen molar-refractivity contribution in [2.45, 2.75) is 242 Å². The molecule has 15 heteroatoms. The molecule has 0 amide bonds. The lowest BCUT2D eigenvalue weighted by Crippen LogP contribution is -2.61. The van der Waals surface area contributed by atoms with Gasteiger partial charge in [0.1, 0.15) is 55.4 Å². The van der Waals surface area contributed by atoms with E-state index in [0.29, 0.717) is 12.8 Å². The molecule has 2 fully saturated rings. The third-order valence-corrected chi connectivity index (χ3v) is 12.0. The predicted molar refractivity (Wildman–Crippen MR) is 257 cm³/mol. The topological polar surface area (TPSA) is 231 Å². The maximum absolute atomic E-state index is 13.0. The van der Waals surface area contributed by atoms with E-state index >= 15 is 0 Å². The second-order valence-electron chi connectivity index (χ2n) is 18.0. The summed E-state index contributed by atoms with van der Waals surface area (Å²) in [5.41, 5.74) is 0. The van der Waals surface area contributed by atoms with E-state index in [1.807, 2.05) is 0 Å². The van der Waals surface area contributed by atoms with Gasteiger partial charge in [0.15, 0.2) is 18.7 Å². The van der Waals surface area contributed by atoms with Gasteiger partial charge in [0.2, 0.25) is 0 Å². The molecule has 2 rings (SSSR count). The largest absolute Gasteiger partial charge is 0.462 e. The summed E-state index contributed by atoms with van der Waals surface area (Å²) in [7, 11) is 0. The number of hydrogen-bond donors (Lipinski definition) is 7. The number of unbranched alkanes of at least 4 members (excludes halogenated alkanes) is 17. The molecule has 0 bridgehead atoms. The molecule has 11 atom stereocenters. The van der Waals surface area contributed by atoms with Crippen LogP contribution in [-0.4, -0.2) is 142 Å². The van der Waals surface area contributed by atoms with Gasteiger partial charge in [-0.3, -0.25) is 9.59 Å². The SMILES string of the molecule is CCC/C=C/C/C=C/C/C=C/C/C=C/CCCCCC(=O)O[C@H](COC(=O)CCCCCCCCCCCCCCCC)CO[C@H]1O[C@@H](CO[C@H]2O[C@@H](CO)[C@@H](O)C(O)C2O)[C@@H](O)C(O)C1O. The van der Waals surface area contributed by atoms with Gasteiger partial charge in [-0.15, -0.1) is 0 Å². The quantitative estimate of drug-likeness (QED) is 0.0185. The number of carbonyl (C=O) groups excluding carboxylic acids is 2. The molecule has 0 saturated carbocycles. The molecule has 2 heterocycles. The Morgan fingerprint density at radius 1 is 0.478 bits per heavy atom. The maximum Gasteiger partial charge on any atom is 0.306 e. The average molecular weight is 955 g/mol. The Balaban J connectivity index is 1.83. The van der Waals surface area contributed by atoms with Gasteiger partial charge in [-0.05, 0) is 51.4 Å². The molecule has 67 heavy (non-hydrogen) atoms. The molecule has 388 valence electrons. The minimum absolute atomic E-state index is 0.128. The molecule has 2 aliphatic rings. The number of esters is 2. The number of aliphatic hydroxyl groups excluding tert-OH is 7. The maximum atomic E-state index is 13.0. The van der Waals surface area contributed by atoms with Crippen LogP contribution in [-0.2, 0) is 38.0 Å². The second kappa shape index (κ2) is 39.2. The van der Waals surface area contributed by atoms with E-state index in [-0.39, 0.29) is 19.4 Å². The summed E-state index contributed by atoms with van der Waals surface area (Å²) < 4.78 is 33.5. The minimum atomic E-state index is -1.77. The van der Waals surface area contributed by atoms with E-state index in [9.17, 15) is 45.3 Å². The Bertz CT molecular complexity index is 1350. The van der Waals surface area contributed by atoms with Crippen LogP contribution in [0.25, 0.3) is 0 Å². The fraction of sp³-hybridized carbons (Fsp3) is 0.808. The van der Waals surface area contributed by atoms with Crippen molar-refractivity contribution in [3.63, 3.8) is 0 Å². The summed E-state index contributed by atoms with van der Waals surface area (Å²) in [6.45, 7) is 2.49. The van der Waals surface area contributed by atoms with Gasteiger partial charge in [0.25, 0.3) is 0 Å². The minimum Gasteiger partial charge on any atom is -0.462 e. The van der Waals surface area contributed by atoms with E-state index in [2.05, 4.69) is 62.5 Å². The molecule has 4 unspecified atom stereocenters. The van der Waals surface area contributed by atoms with Crippen LogP contribution in [0.5, 0.6) is 0 Å². The van der Waals surface area contributed by atoms with E-state index < -0.39 is 99.3 Å². The molecule has 2 saturated heterocycles. The van der Waals surface area contributed by atoms with Gasteiger partial charge in [-0.1, -0.05) is 159 Å². The number of ether oxygens (including phenoxy) is 6. The molecular weight excluding hydrogens is 865 g/mol. The summed E-state index contributed by atoms with van der Waals surface area (Å²) in [5.74, 6) is -0.959. The zero-order chi connectivity index (χ0) is 48.9. The first-order valence-corrected chi connectivity index (χ1v) is 25.7. The van der Waals surface area contributed by atoms with Gasteiger partial charge < -0.3 is 64.2 Å². The van der Waals surface area contributed by atoms with Gasteiger partial charge in [-0.25, -0.2) is 0 Å². The normalized spacial score (nSPS) is 26.3. The van der Waals surface area contributed by atoms with Gasteiger partial charge in [-0.2, -0.15) is 0 Å². The summed E-state index contributed by atoms with van der Waals surface area (Å²) in [5, 5.41) is 72.1. The van der Waals surface area contributed by atoms with Crippen LogP contribution >= 0.6 is 0 Å². The molecular formula is C52H90O15. The first kappa shape index (κ1) is 60.6. The number of aliphatic hydroxyl groups is 7. The third kappa shape index (κ3) is 27.4. The Hall–Kier alpha value is -2.54. The Kier molecular flexibility index (Phi) is 35.5. The Labute approximate surface area is 401 Å². The second-order valence-corrected chi connectivity index (χ2v) is 18.0. The number of rotatable bonds is 39. The molecule has 0 aliphatic carbocycles. The van der Waals surface area contributed by atoms with Gasteiger partial charge >= 0.3 is 11.9 Å². The van der Waals surface area contributed by atoms with Crippen molar-refractivity contribution in [2.24, 2.45) is 0 Å². The summed E-state index contributed by atoms with van der Waals surface area (Å²) >= 11 is 0. The fourth-order valence-electron chi connectivity index (χ4n) is 7.80. The monoisotopic (exact) mass is 955 g/mol.